The van der Waals surface area contributed by atoms with Gasteiger partial charge in [0.05, 0.1) is 24.6 Å². The SMILES string of the molecule is COc1cc(C#N)cc(C)c1CCl. The van der Waals surface area contributed by atoms with Crippen LogP contribution in [0.3, 0.4) is 0 Å². The van der Waals surface area contributed by atoms with Crippen LogP contribution in [0.2, 0.25) is 0 Å². The van der Waals surface area contributed by atoms with Crippen LogP contribution in [0.25, 0.3) is 0 Å². The minimum absolute atomic E-state index is 0.403. The molecule has 13 heavy (non-hydrogen) atoms. The van der Waals surface area contributed by atoms with Crippen molar-refractivity contribution in [1.29, 1.82) is 5.26 Å². The maximum Gasteiger partial charge on any atom is 0.124 e. The zero-order chi connectivity index (χ0) is 9.84. The molecule has 0 aliphatic rings. The van der Waals surface area contributed by atoms with Crippen molar-refractivity contribution in [3.05, 3.63) is 28.8 Å². The molecule has 1 aromatic rings. The van der Waals surface area contributed by atoms with Crippen LogP contribution in [-0.2, 0) is 5.88 Å². The summed E-state index contributed by atoms with van der Waals surface area (Å²) in [6.07, 6.45) is 0. The third-order valence-corrected chi connectivity index (χ3v) is 2.18. The normalized spacial score (nSPS) is 9.38. The monoisotopic (exact) mass is 195 g/mol. The molecule has 0 N–H and O–H groups in total. The smallest absolute Gasteiger partial charge is 0.124 e. The Balaban J connectivity index is 3.31. The number of ether oxygens (including phenoxy) is 1. The largest absolute Gasteiger partial charge is 0.496 e. The lowest BCUT2D eigenvalue weighted by molar-refractivity contribution is 0.410. The van der Waals surface area contributed by atoms with Gasteiger partial charge in [0.25, 0.3) is 0 Å². The number of rotatable bonds is 2. The van der Waals surface area contributed by atoms with Crippen molar-refractivity contribution in [2.45, 2.75) is 12.8 Å². The highest BCUT2D eigenvalue weighted by Gasteiger charge is 2.07. The Morgan fingerprint density at radius 3 is 2.69 bits per heavy atom. The Labute approximate surface area is 82.7 Å². The Kier molecular flexibility index (Phi) is 3.16. The van der Waals surface area contributed by atoms with Gasteiger partial charge >= 0.3 is 0 Å². The molecule has 1 aromatic carbocycles. The van der Waals surface area contributed by atoms with E-state index in [9.17, 15) is 0 Å². The predicted molar refractivity (Wildman–Crippen MR) is 52.0 cm³/mol. The number of nitriles is 1. The molecule has 68 valence electrons. The maximum absolute atomic E-state index is 8.71. The third kappa shape index (κ3) is 1.93. The summed E-state index contributed by atoms with van der Waals surface area (Å²) in [5, 5.41) is 8.71. The fourth-order valence-electron chi connectivity index (χ4n) is 1.20. The average Bonchev–Trinajstić information content (AvgIpc) is 2.16. The summed E-state index contributed by atoms with van der Waals surface area (Å²) >= 11 is 5.75. The molecule has 1 rings (SSSR count). The molecule has 0 unspecified atom stereocenters. The lowest BCUT2D eigenvalue weighted by Gasteiger charge is -2.09. The fourth-order valence-corrected chi connectivity index (χ4v) is 1.55. The second-order valence-corrected chi connectivity index (χ2v) is 2.99. The summed E-state index contributed by atoms with van der Waals surface area (Å²) in [5.41, 5.74) is 2.54. The number of hydrogen-bond acceptors (Lipinski definition) is 2. The molecule has 0 fully saturated rings. The summed E-state index contributed by atoms with van der Waals surface area (Å²) in [5.74, 6) is 1.09. The molecule has 0 saturated carbocycles. The van der Waals surface area contributed by atoms with Crippen LogP contribution >= 0.6 is 11.6 Å². The molecule has 0 spiro atoms. The quantitative estimate of drug-likeness (QED) is 0.680. The van der Waals surface area contributed by atoms with E-state index in [0.29, 0.717) is 17.2 Å². The number of hydrogen-bond donors (Lipinski definition) is 0. The van der Waals surface area contributed by atoms with Gasteiger partial charge in [-0.3, -0.25) is 0 Å². The highest BCUT2D eigenvalue weighted by molar-refractivity contribution is 6.17. The molecule has 0 atom stereocenters. The van der Waals surface area contributed by atoms with Crippen molar-refractivity contribution in [3.63, 3.8) is 0 Å². The van der Waals surface area contributed by atoms with Gasteiger partial charge in [-0.2, -0.15) is 5.26 Å². The van der Waals surface area contributed by atoms with Crippen LogP contribution < -0.4 is 4.74 Å². The number of aryl methyl sites for hydroxylation is 1. The second kappa shape index (κ2) is 4.15. The highest BCUT2D eigenvalue weighted by atomic mass is 35.5. The van der Waals surface area contributed by atoms with Crippen LogP contribution in [-0.4, -0.2) is 7.11 Å². The van der Waals surface area contributed by atoms with E-state index in [4.69, 9.17) is 21.6 Å². The Morgan fingerprint density at radius 1 is 1.54 bits per heavy atom. The van der Waals surface area contributed by atoms with Gasteiger partial charge in [0, 0.05) is 5.56 Å². The number of nitrogens with zero attached hydrogens (tertiary/aromatic N) is 1. The molecule has 0 radical (unpaired) electrons. The van der Waals surface area contributed by atoms with Crippen LogP contribution in [0.4, 0.5) is 0 Å². The zero-order valence-corrected chi connectivity index (χ0v) is 8.35. The van der Waals surface area contributed by atoms with Crippen molar-refractivity contribution in [2.24, 2.45) is 0 Å². The van der Waals surface area contributed by atoms with Gasteiger partial charge in [-0.25, -0.2) is 0 Å². The zero-order valence-electron chi connectivity index (χ0n) is 7.60. The maximum atomic E-state index is 8.71. The molecule has 3 heteroatoms. The Hall–Kier alpha value is -1.20. The van der Waals surface area contributed by atoms with Crippen molar-refractivity contribution < 1.29 is 4.74 Å². The molecule has 0 saturated heterocycles. The van der Waals surface area contributed by atoms with Crippen LogP contribution in [0.1, 0.15) is 16.7 Å². The van der Waals surface area contributed by atoms with E-state index >= 15 is 0 Å². The van der Waals surface area contributed by atoms with Gasteiger partial charge in [-0.1, -0.05) is 0 Å². The predicted octanol–water partition coefficient (Wildman–Crippen LogP) is 2.61. The van der Waals surface area contributed by atoms with Crippen LogP contribution in [0.15, 0.2) is 12.1 Å². The van der Waals surface area contributed by atoms with Gasteiger partial charge in [-0.05, 0) is 24.6 Å². The first kappa shape index (κ1) is 9.88. The number of benzene rings is 1. The first-order chi connectivity index (χ1) is 6.22. The Bertz CT molecular complexity index is 355. The van der Waals surface area contributed by atoms with Gasteiger partial charge in [0.2, 0.25) is 0 Å². The molecule has 2 nitrogen and oxygen atoms in total. The van der Waals surface area contributed by atoms with Gasteiger partial charge in [0.15, 0.2) is 0 Å². The average molecular weight is 196 g/mol. The van der Waals surface area contributed by atoms with Gasteiger partial charge in [0.1, 0.15) is 5.75 Å². The third-order valence-electron chi connectivity index (χ3n) is 1.91. The van der Waals surface area contributed by atoms with E-state index in [1.54, 1.807) is 19.2 Å². The van der Waals surface area contributed by atoms with Crippen molar-refractivity contribution >= 4 is 11.6 Å². The van der Waals surface area contributed by atoms with Crippen molar-refractivity contribution in [2.75, 3.05) is 7.11 Å². The molecule has 0 bridgehead atoms. The van der Waals surface area contributed by atoms with E-state index in [1.807, 2.05) is 6.92 Å². The summed E-state index contributed by atoms with van der Waals surface area (Å²) < 4.78 is 5.12. The van der Waals surface area contributed by atoms with E-state index in [0.717, 1.165) is 11.1 Å². The summed E-state index contributed by atoms with van der Waals surface area (Å²) in [7, 11) is 1.58. The number of halogens is 1. The summed E-state index contributed by atoms with van der Waals surface area (Å²) in [6, 6.07) is 5.58. The minimum Gasteiger partial charge on any atom is -0.496 e. The van der Waals surface area contributed by atoms with Crippen LogP contribution in [0.5, 0.6) is 5.75 Å². The molecular formula is C10H10ClNO. The van der Waals surface area contributed by atoms with Crippen LogP contribution in [0, 0.1) is 18.3 Å². The van der Waals surface area contributed by atoms with E-state index in [-0.39, 0.29) is 0 Å². The molecular weight excluding hydrogens is 186 g/mol. The number of methoxy groups -OCH3 is 1. The minimum atomic E-state index is 0.403. The first-order valence-electron chi connectivity index (χ1n) is 3.86. The molecule has 0 heterocycles. The topological polar surface area (TPSA) is 33.0 Å². The standard InChI is InChI=1S/C10H10ClNO/c1-7-3-8(6-12)4-10(13-2)9(7)5-11/h3-4H,5H2,1-2H3. The lowest BCUT2D eigenvalue weighted by atomic mass is 10.1. The van der Waals surface area contributed by atoms with E-state index in [2.05, 4.69) is 6.07 Å². The summed E-state index contributed by atoms with van der Waals surface area (Å²) in [6.45, 7) is 1.92. The first-order valence-corrected chi connectivity index (χ1v) is 4.40. The van der Waals surface area contributed by atoms with E-state index < -0.39 is 0 Å². The molecule has 0 amide bonds. The number of alkyl halides is 1. The van der Waals surface area contributed by atoms with Gasteiger partial charge < -0.3 is 4.74 Å². The summed E-state index contributed by atoms with van der Waals surface area (Å²) in [4.78, 5) is 0. The van der Waals surface area contributed by atoms with Crippen molar-refractivity contribution in [1.82, 2.24) is 0 Å². The molecule has 0 aliphatic heterocycles. The highest BCUT2D eigenvalue weighted by Crippen LogP contribution is 2.25. The molecule has 0 aromatic heterocycles. The second-order valence-electron chi connectivity index (χ2n) is 2.72. The lowest BCUT2D eigenvalue weighted by Crippen LogP contribution is -1.94. The van der Waals surface area contributed by atoms with Crippen molar-refractivity contribution in [3.8, 4) is 11.8 Å². The fraction of sp³-hybridized carbons (Fsp3) is 0.300. The van der Waals surface area contributed by atoms with Gasteiger partial charge in [-0.15, -0.1) is 11.6 Å². The van der Waals surface area contributed by atoms with E-state index in [1.165, 1.54) is 0 Å². The molecule has 0 aliphatic carbocycles. The Morgan fingerprint density at radius 2 is 2.23 bits per heavy atom.